The quantitative estimate of drug-likeness (QED) is 0.709. The number of aryl methyl sites for hydroxylation is 1. The molecule has 6 nitrogen and oxygen atoms in total. The van der Waals surface area contributed by atoms with E-state index in [-0.39, 0.29) is 0 Å². The van der Waals surface area contributed by atoms with E-state index in [9.17, 15) is 0 Å². The van der Waals surface area contributed by atoms with Crippen LogP contribution in [-0.4, -0.2) is 20.2 Å². The van der Waals surface area contributed by atoms with Crippen LogP contribution in [0.2, 0.25) is 5.02 Å². The van der Waals surface area contributed by atoms with Gasteiger partial charge in [0, 0.05) is 22.0 Å². The summed E-state index contributed by atoms with van der Waals surface area (Å²) in [4.78, 5) is 0. The molecule has 0 atom stereocenters. The lowest BCUT2D eigenvalue weighted by Crippen LogP contribution is -2.03. The molecule has 0 radical (unpaired) electrons. The van der Waals surface area contributed by atoms with Crippen molar-refractivity contribution in [2.45, 2.75) is 6.92 Å². The van der Waals surface area contributed by atoms with Gasteiger partial charge in [-0.05, 0) is 53.2 Å². The van der Waals surface area contributed by atoms with Crippen LogP contribution in [0.4, 0.5) is 11.4 Å². The fourth-order valence-corrected chi connectivity index (χ4v) is 2.31. The smallest absolute Gasteiger partial charge is 0.187 e. The van der Waals surface area contributed by atoms with Gasteiger partial charge in [-0.25, -0.2) is 0 Å². The maximum Gasteiger partial charge on any atom is 0.187 e. The Balaban J connectivity index is 2.19. The van der Waals surface area contributed by atoms with Gasteiger partial charge < -0.3 is 11.5 Å². The third kappa shape index (κ3) is 2.53. The molecule has 0 spiro atoms. The van der Waals surface area contributed by atoms with Gasteiger partial charge in [0.25, 0.3) is 0 Å². The molecule has 0 bridgehead atoms. The average Bonchev–Trinajstić information content (AvgIpc) is 2.89. The van der Waals surface area contributed by atoms with Crippen LogP contribution in [0.5, 0.6) is 0 Å². The topological polar surface area (TPSA) is 95.6 Å². The SMILES string of the molecule is Cc1ccc(Cl)cc1-n1nnnc1-c1cc(N)cc(N)c1. The highest BCUT2D eigenvalue weighted by Gasteiger charge is 2.13. The van der Waals surface area contributed by atoms with Crippen molar-refractivity contribution in [1.82, 2.24) is 20.2 Å². The molecular weight excluding hydrogens is 288 g/mol. The molecule has 0 amide bonds. The second-order valence-corrected chi connectivity index (χ2v) is 5.17. The fourth-order valence-electron chi connectivity index (χ4n) is 2.15. The Labute approximate surface area is 126 Å². The van der Waals surface area contributed by atoms with E-state index in [4.69, 9.17) is 23.1 Å². The summed E-state index contributed by atoms with van der Waals surface area (Å²) in [6.07, 6.45) is 0. The van der Waals surface area contributed by atoms with Crippen molar-refractivity contribution in [3.8, 4) is 17.1 Å². The lowest BCUT2D eigenvalue weighted by Gasteiger charge is -2.09. The van der Waals surface area contributed by atoms with E-state index in [0.717, 1.165) is 16.8 Å². The summed E-state index contributed by atoms with van der Waals surface area (Å²) in [6, 6.07) is 10.8. The van der Waals surface area contributed by atoms with Gasteiger partial charge in [-0.1, -0.05) is 17.7 Å². The lowest BCUT2D eigenvalue weighted by molar-refractivity contribution is 0.787. The summed E-state index contributed by atoms with van der Waals surface area (Å²) >= 11 is 6.06. The number of anilines is 2. The van der Waals surface area contributed by atoms with Crippen molar-refractivity contribution in [3.63, 3.8) is 0 Å². The van der Waals surface area contributed by atoms with Gasteiger partial charge in [0.2, 0.25) is 0 Å². The molecule has 3 rings (SSSR count). The molecule has 0 unspecified atom stereocenters. The Morgan fingerprint density at radius 1 is 1.05 bits per heavy atom. The zero-order chi connectivity index (χ0) is 15.0. The maximum atomic E-state index is 6.06. The normalized spacial score (nSPS) is 10.8. The fraction of sp³-hybridized carbons (Fsp3) is 0.0714. The van der Waals surface area contributed by atoms with Gasteiger partial charge in [0.1, 0.15) is 0 Å². The Hall–Kier alpha value is -2.60. The predicted octanol–water partition coefficient (Wildman–Crippen LogP) is 2.46. The zero-order valence-electron chi connectivity index (χ0n) is 11.3. The molecule has 106 valence electrons. The number of hydrogen-bond donors (Lipinski definition) is 2. The van der Waals surface area contributed by atoms with Crippen LogP contribution in [0.3, 0.4) is 0 Å². The molecule has 0 saturated heterocycles. The first kappa shape index (κ1) is 13.4. The van der Waals surface area contributed by atoms with Crippen LogP contribution < -0.4 is 11.5 Å². The molecule has 1 heterocycles. The van der Waals surface area contributed by atoms with Crippen LogP contribution in [0.15, 0.2) is 36.4 Å². The summed E-state index contributed by atoms with van der Waals surface area (Å²) < 4.78 is 1.62. The van der Waals surface area contributed by atoms with E-state index in [1.54, 1.807) is 22.9 Å². The van der Waals surface area contributed by atoms with Gasteiger partial charge in [-0.3, -0.25) is 0 Å². The van der Waals surface area contributed by atoms with Gasteiger partial charge in [0.05, 0.1) is 5.69 Å². The molecule has 2 aromatic carbocycles. The zero-order valence-corrected chi connectivity index (χ0v) is 12.0. The summed E-state index contributed by atoms with van der Waals surface area (Å²) in [5.74, 6) is 0.555. The Kier molecular flexibility index (Phi) is 3.23. The minimum Gasteiger partial charge on any atom is -0.399 e. The van der Waals surface area contributed by atoms with Gasteiger partial charge >= 0.3 is 0 Å². The summed E-state index contributed by atoms with van der Waals surface area (Å²) in [7, 11) is 0. The Bertz CT molecular complexity index is 791. The maximum absolute atomic E-state index is 6.06. The number of rotatable bonds is 2. The number of halogens is 1. The van der Waals surface area contributed by atoms with Gasteiger partial charge in [-0.15, -0.1) is 5.10 Å². The molecule has 1 aromatic heterocycles. The molecule has 0 saturated carbocycles. The van der Waals surface area contributed by atoms with E-state index in [1.807, 2.05) is 25.1 Å². The summed E-state index contributed by atoms with van der Waals surface area (Å²) in [5.41, 5.74) is 15.3. The molecule has 0 aliphatic heterocycles. The Morgan fingerprint density at radius 2 is 1.76 bits per heavy atom. The molecule has 7 heteroatoms. The monoisotopic (exact) mass is 300 g/mol. The lowest BCUT2D eigenvalue weighted by atomic mass is 10.1. The van der Waals surface area contributed by atoms with Crippen LogP contribution in [0.1, 0.15) is 5.56 Å². The van der Waals surface area contributed by atoms with Crippen molar-refractivity contribution >= 4 is 23.0 Å². The highest BCUT2D eigenvalue weighted by Crippen LogP contribution is 2.26. The van der Waals surface area contributed by atoms with Crippen molar-refractivity contribution in [2.75, 3.05) is 11.5 Å². The first-order valence-corrected chi connectivity index (χ1v) is 6.64. The number of nitrogens with two attached hydrogens (primary N) is 2. The molecule has 0 aliphatic carbocycles. The van der Waals surface area contributed by atoms with Gasteiger partial charge in [-0.2, -0.15) is 4.68 Å². The minimum absolute atomic E-state index is 0.555. The highest BCUT2D eigenvalue weighted by molar-refractivity contribution is 6.30. The number of benzene rings is 2. The van der Waals surface area contributed by atoms with Gasteiger partial charge in [0.15, 0.2) is 5.82 Å². The predicted molar refractivity (Wildman–Crippen MR) is 83.2 cm³/mol. The second kappa shape index (κ2) is 5.06. The number of aromatic nitrogens is 4. The average molecular weight is 301 g/mol. The van der Waals surface area contributed by atoms with Crippen LogP contribution in [0, 0.1) is 6.92 Å². The number of nitrogen functional groups attached to an aromatic ring is 2. The van der Waals surface area contributed by atoms with Crippen molar-refractivity contribution in [3.05, 3.63) is 47.0 Å². The highest BCUT2D eigenvalue weighted by atomic mass is 35.5. The third-order valence-corrected chi connectivity index (χ3v) is 3.34. The molecule has 0 aliphatic rings. The summed E-state index contributed by atoms with van der Waals surface area (Å²) in [5, 5.41) is 12.5. The number of nitrogens with zero attached hydrogens (tertiary/aromatic N) is 4. The molecular formula is C14H13ClN6. The van der Waals surface area contributed by atoms with E-state index >= 15 is 0 Å². The van der Waals surface area contributed by atoms with E-state index in [2.05, 4.69) is 15.5 Å². The van der Waals surface area contributed by atoms with Crippen molar-refractivity contribution in [2.24, 2.45) is 0 Å². The van der Waals surface area contributed by atoms with Crippen molar-refractivity contribution < 1.29 is 0 Å². The molecule has 21 heavy (non-hydrogen) atoms. The molecule has 3 aromatic rings. The first-order valence-electron chi connectivity index (χ1n) is 6.26. The second-order valence-electron chi connectivity index (χ2n) is 4.73. The van der Waals surface area contributed by atoms with E-state index < -0.39 is 0 Å². The number of hydrogen-bond acceptors (Lipinski definition) is 5. The third-order valence-electron chi connectivity index (χ3n) is 3.10. The van der Waals surface area contributed by atoms with Crippen LogP contribution >= 0.6 is 11.6 Å². The standard InChI is InChI=1S/C14H13ClN6/c1-8-2-3-10(15)6-13(8)21-14(18-19-20-21)9-4-11(16)7-12(17)5-9/h2-7H,16-17H2,1H3. The minimum atomic E-state index is 0.555. The van der Waals surface area contributed by atoms with Crippen LogP contribution in [0.25, 0.3) is 17.1 Å². The van der Waals surface area contributed by atoms with Crippen LogP contribution in [-0.2, 0) is 0 Å². The summed E-state index contributed by atoms with van der Waals surface area (Å²) in [6.45, 7) is 1.96. The largest absolute Gasteiger partial charge is 0.399 e. The molecule has 4 N–H and O–H groups in total. The first-order chi connectivity index (χ1) is 10.0. The van der Waals surface area contributed by atoms with E-state index in [1.165, 1.54) is 0 Å². The number of tetrazole rings is 1. The molecule has 0 fully saturated rings. The van der Waals surface area contributed by atoms with Crippen molar-refractivity contribution in [1.29, 1.82) is 0 Å². The van der Waals surface area contributed by atoms with E-state index in [0.29, 0.717) is 22.2 Å². The Morgan fingerprint density at radius 3 is 2.48 bits per heavy atom.